The Morgan fingerprint density at radius 2 is 2.14 bits per heavy atom. The van der Waals surface area contributed by atoms with Crippen LogP contribution in [0.4, 0.5) is 0 Å². The third-order valence-corrected chi connectivity index (χ3v) is 3.58. The fraction of sp³-hybridized carbons (Fsp3) is 0.0769. The summed E-state index contributed by atoms with van der Waals surface area (Å²) in [6.07, 6.45) is 1.50. The number of aromatic nitrogens is 4. The quantitative estimate of drug-likeness (QED) is 0.497. The standard InChI is InChI=1S/C13H12N6OS/c14-13(15)21-7-10-17-11-9(12(20)18-10)6-16-19(11)8-4-2-1-3-5-8/h1-6H,7H2,(H3,14,15)(H,17,18,20). The van der Waals surface area contributed by atoms with Gasteiger partial charge in [0.15, 0.2) is 10.8 Å². The van der Waals surface area contributed by atoms with Crippen molar-refractivity contribution in [1.82, 2.24) is 19.7 Å². The van der Waals surface area contributed by atoms with E-state index in [0.717, 1.165) is 17.4 Å². The zero-order valence-corrected chi connectivity index (χ0v) is 11.7. The molecule has 3 aromatic rings. The van der Waals surface area contributed by atoms with Gasteiger partial charge in [-0.25, -0.2) is 9.67 Å². The van der Waals surface area contributed by atoms with Crippen LogP contribution in [0.3, 0.4) is 0 Å². The Balaban J connectivity index is 2.11. The van der Waals surface area contributed by atoms with Crippen LogP contribution in [0.15, 0.2) is 41.3 Å². The van der Waals surface area contributed by atoms with Crippen molar-refractivity contribution in [3.8, 4) is 5.69 Å². The first-order chi connectivity index (χ1) is 10.1. The summed E-state index contributed by atoms with van der Waals surface area (Å²) in [6, 6.07) is 9.47. The van der Waals surface area contributed by atoms with Crippen LogP contribution in [0.1, 0.15) is 5.82 Å². The van der Waals surface area contributed by atoms with E-state index < -0.39 is 0 Å². The molecule has 106 valence electrons. The number of benzene rings is 1. The Hall–Kier alpha value is -2.61. The van der Waals surface area contributed by atoms with Crippen LogP contribution in [0.25, 0.3) is 16.7 Å². The van der Waals surface area contributed by atoms with Crippen molar-refractivity contribution in [2.45, 2.75) is 5.75 Å². The highest BCUT2D eigenvalue weighted by Crippen LogP contribution is 2.15. The number of nitrogens with one attached hydrogen (secondary N) is 2. The van der Waals surface area contributed by atoms with E-state index in [0.29, 0.717) is 22.6 Å². The van der Waals surface area contributed by atoms with Crippen molar-refractivity contribution in [2.24, 2.45) is 5.73 Å². The highest BCUT2D eigenvalue weighted by Gasteiger charge is 2.11. The maximum absolute atomic E-state index is 12.0. The van der Waals surface area contributed by atoms with Crippen molar-refractivity contribution >= 4 is 28.0 Å². The molecule has 2 heterocycles. The molecule has 0 aliphatic heterocycles. The number of fused-ring (bicyclic) bond motifs is 1. The highest BCUT2D eigenvalue weighted by molar-refractivity contribution is 8.12. The molecule has 0 amide bonds. The minimum absolute atomic E-state index is 0.0192. The van der Waals surface area contributed by atoms with Crippen LogP contribution in [-0.4, -0.2) is 24.9 Å². The number of rotatable bonds is 3. The second-order valence-corrected chi connectivity index (χ2v) is 5.31. The van der Waals surface area contributed by atoms with E-state index >= 15 is 0 Å². The van der Waals surface area contributed by atoms with E-state index in [1.54, 1.807) is 4.68 Å². The van der Waals surface area contributed by atoms with E-state index in [4.69, 9.17) is 11.1 Å². The first-order valence-electron chi connectivity index (χ1n) is 6.14. The molecule has 0 spiro atoms. The van der Waals surface area contributed by atoms with Crippen molar-refractivity contribution in [3.05, 3.63) is 52.7 Å². The van der Waals surface area contributed by atoms with E-state index in [9.17, 15) is 4.79 Å². The van der Waals surface area contributed by atoms with Crippen molar-refractivity contribution in [2.75, 3.05) is 0 Å². The first kappa shape index (κ1) is 13.4. The number of hydrogen-bond acceptors (Lipinski definition) is 5. The Morgan fingerprint density at radius 3 is 2.86 bits per heavy atom. The number of H-pyrrole nitrogens is 1. The van der Waals surface area contributed by atoms with Crippen molar-refractivity contribution in [3.63, 3.8) is 0 Å². The second-order valence-electron chi connectivity index (χ2n) is 4.29. The average molecular weight is 300 g/mol. The van der Waals surface area contributed by atoms with Gasteiger partial charge in [0.25, 0.3) is 5.56 Å². The normalized spacial score (nSPS) is 10.9. The molecule has 0 aliphatic carbocycles. The third-order valence-electron chi connectivity index (χ3n) is 2.85. The fourth-order valence-electron chi connectivity index (χ4n) is 1.94. The van der Waals surface area contributed by atoms with Crippen molar-refractivity contribution < 1.29 is 0 Å². The Labute approximate surface area is 123 Å². The van der Waals surface area contributed by atoms with E-state index in [-0.39, 0.29) is 10.7 Å². The van der Waals surface area contributed by atoms with Gasteiger partial charge in [-0.3, -0.25) is 10.2 Å². The minimum atomic E-state index is -0.249. The van der Waals surface area contributed by atoms with Gasteiger partial charge < -0.3 is 10.7 Å². The Morgan fingerprint density at radius 1 is 1.38 bits per heavy atom. The monoisotopic (exact) mass is 300 g/mol. The number of nitrogens with zero attached hydrogens (tertiary/aromatic N) is 3. The van der Waals surface area contributed by atoms with Gasteiger partial charge in [0.2, 0.25) is 0 Å². The number of para-hydroxylation sites is 1. The maximum Gasteiger partial charge on any atom is 0.262 e. The molecule has 0 fully saturated rings. The molecule has 0 saturated heterocycles. The number of nitrogens with two attached hydrogens (primary N) is 1. The molecule has 7 nitrogen and oxygen atoms in total. The molecule has 8 heteroatoms. The number of hydrogen-bond donors (Lipinski definition) is 3. The lowest BCUT2D eigenvalue weighted by Gasteiger charge is -2.04. The van der Waals surface area contributed by atoms with Gasteiger partial charge in [0.1, 0.15) is 11.2 Å². The lowest BCUT2D eigenvalue weighted by atomic mass is 10.3. The molecular weight excluding hydrogens is 288 g/mol. The van der Waals surface area contributed by atoms with Crippen LogP contribution in [-0.2, 0) is 5.75 Å². The molecule has 1 aromatic carbocycles. The number of aromatic amines is 1. The van der Waals surface area contributed by atoms with Gasteiger partial charge >= 0.3 is 0 Å². The summed E-state index contributed by atoms with van der Waals surface area (Å²) in [7, 11) is 0. The van der Waals surface area contributed by atoms with Crippen LogP contribution < -0.4 is 11.3 Å². The molecule has 21 heavy (non-hydrogen) atoms. The molecule has 4 N–H and O–H groups in total. The van der Waals surface area contributed by atoms with Gasteiger partial charge in [-0.15, -0.1) is 0 Å². The maximum atomic E-state index is 12.0. The molecule has 0 radical (unpaired) electrons. The van der Waals surface area contributed by atoms with Gasteiger partial charge in [-0.05, 0) is 12.1 Å². The SMILES string of the molecule is N=C(N)SCc1nc2c(cnn2-c2ccccc2)c(=O)[nH]1. The van der Waals surface area contributed by atoms with Crippen LogP contribution >= 0.6 is 11.8 Å². The molecule has 0 unspecified atom stereocenters. The summed E-state index contributed by atoms with van der Waals surface area (Å²) in [6.45, 7) is 0. The molecule has 3 rings (SSSR count). The zero-order chi connectivity index (χ0) is 14.8. The van der Waals surface area contributed by atoms with Gasteiger partial charge in [0.05, 0.1) is 17.6 Å². The van der Waals surface area contributed by atoms with Crippen LogP contribution in [0.5, 0.6) is 0 Å². The van der Waals surface area contributed by atoms with Crippen molar-refractivity contribution in [1.29, 1.82) is 5.41 Å². The summed E-state index contributed by atoms with van der Waals surface area (Å²) < 4.78 is 1.62. The summed E-state index contributed by atoms with van der Waals surface area (Å²) >= 11 is 1.10. The summed E-state index contributed by atoms with van der Waals surface area (Å²) in [5.41, 5.74) is 6.37. The van der Waals surface area contributed by atoms with Crippen LogP contribution in [0, 0.1) is 5.41 Å². The lowest BCUT2D eigenvalue weighted by Crippen LogP contribution is -2.13. The molecule has 2 aromatic heterocycles. The largest absolute Gasteiger partial charge is 0.379 e. The number of thioether (sulfide) groups is 1. The highest BCUT2D eigenvalue weighted by atomic mass is 32.2. The van der Waals surface area contributed by atoms with Crippen LogP contribution in [0.2, 0.25) is 0 Å². The summed E-state index contributed by atoms with van der Waals surface area (Å²) in [4.78, 5) is 19.1. The van der Waals surface area contributed by atoms with Gasteiger partial charge in [0, 0.05) is 0 Å². The average Bonchev–Trinajstić information content (AvgIpc) is 2.90. The Kier molecular flexibility index (Phi) is 3.44. The second kappa shape index (κ2) is 5.41. The predicted molar refractivity (Wildman–Crippen MR) is 82.7 cm³/mol. The van der Waals surface area contributed by atoms with E-state index in [1.165, 1.54) is 6.20 Å². The molecule has 0 bridgehead atoms. The topological polar surface area (TPSA) is 113 Å². The summed E-state index contributed by atoms with van der Waals surface area (Å²) in [5, 5.41) is 11.8. The predicted octanol–water partition coefficient (Wildman–Crippen LogP) is 1.24. The van der Waals surface area contributed by atoms with E-state index in [2.05, 4.69) is 15.1 Å². The molecule has 0 aliphatic rings. The molecule has 0 saturated carbocycles. The summed E-state index contributed by atoms with van der Waals surface area (Å²) in [5.74, 6) is 0.797. The number of amidine groups is 1. The smallest absolute Gasteiger partial charge is 0.262 e. The van der Waals surface area contributed by atoms with Gasteiger partial charge in [-0.1, -0.05) is 30.0 Å². The molecule has 0 atom stereocenters. The fourth-order valence-corrected chi connectivity index (χ4v) is 2.37. The molecular formula is C13H12N6OS. The lowest BCUT2D eigenvalue weighted by molar-refractivity contribution is 0.887. The minimum Gasteiger partial charge on any atom is -0.379 e. The first-order valence-corrected chi connectivity index (χ1v) is 7.13. The third kappa shape index (κ3) is 2.65. The zero-order valence-electron chi connectivity index (χ0n) is 10.9. The Bertz CT molecular complexity index is 854. The van der Waals surface area contributed by atoms with E-state index in [1.807, 2.05) is 30.3 Å². The van der Waals surface area contributed by atoms with Gasteiger partial charge in [-0.2, -0.15) is 5.10 Å².